The molecule has 18 heavy (non-hydrogen) atoms. The van der Waals surface area contributed by atoms with E-state index in [0.29, 0.717) is 11.6 Å². The van der Waals surface area contributed by atoms with Crippen LogP contribution in [0.5, 0.6) is 0 Å². The van der Waals surface area contributed by atoms with Gasteiger partial charge in [0.1, 0.15) is 0 Å². The van der Waals surface area contributed by atoms with Gasteiger partial charge in [-0.2, -0.15) is 0 Å². The zero-order chi connectivity index (χ0) is 13.0. The van der Waals surface area contributed by atoms with Crippen LogP contribution < -0.4 is 11.1 Å². The van der Waals surface area contributed by atoms with Gasteiger partial charge in [-0.25, -0.2) is 0 Å². The van der Waals surface area contributed by atoms with Crippen LogP contribution in [0.1, 0.15) is 31.2 Å². The average Bonchev–Trinajstić information content (AvgIpc) is 2.38. The standard InChI is InChI=1S/C14H19ClN2O/c15-12-7-3-1-5-10(12)9-17-14(18)11-6-2-4-8-13(11)16/h1,3,5,7,11,13H,2,4,6,8-9,16H2,(H,17,18). The number of hydrogen-bond donors (Lipinski definition) is 2. The number of benzene rings is 1. The van der Waals surface area contributed by atoms with Crippen LogP contribution >= 0.6 is 11.6 Å². The van der Waals surface area contributed by atoms with E-state index in [1.807, 2.05) is 24.3 Å². The van der Waals surface area contributed by atoms with Crippen molar-refractivity contribution in [3.8, 4) is 0 Å². The molecule has 3 nitrogen and oxygen atoms in total. The SMILES string of the molecule is NC1CCCCC1C(=O)NCc1ccccc1Cl. The van der Waals surface area contributed by atoms with E-state index in [4.69, 9.17) is 17.3 Å². The third-order valence-electron chi connectivity index (χ3n) is 3.57. The number of carbonyl (C=O) groups excluding carboxylic acids is 1. The Bertz CT molecular complexity index is 422. The summed E-state index contributed by atoms with van der Waals surface area (Å²) < 4.78 is 0. The van der Waals surface area contributed by atoms with E-state index in [0.717, 1.165) is 31.2 Å². The van der Waals surface area contributed by atoms with Crippen LogP contribution in [0.25, 0.3) is 0 Å². The van der Waals surface area contributed by atoms with E-state index in [-0.39, 0.29) is 17.9 Å². The molecule has 0 spiro atoms. The monoisotopic (exact) mass is 266 g/mol. The van der Waals surface area contributed by atoms with Crippen molar-refractivity contribution >= 4 is 17.5 Å². The molecule has 1 aliphatic carbocycles. The number of rotatable bonds is 3. The van der Waals surface area contributed by atoms with Crippen molar-refractivity contribution in [3.05, 3.63) is 34.9 Å². The van der Waals surface area contributed by atoms with Gasteiger partial charge in [0.05, 0.1) is 5.92 Å². The lowest BCUT2D eigenvalue weighted by Gasteiger charge is -2.27. The lowest BCUT2D eigenvalue weighted by atomic mass is 9.84. The summed E-state index contributed by atoms with van der Waals surface area (Å²) in [6, 6.07) is 7.55. The minimum Gasteiger partial charge on any atom is -0.352 e. The maximum Gasteiger partial charge on any atom is 0.224 e. The largest absolute Gasteiger partial charge is 0.352 e. The van der Waals surface area contributed by atoms with Crippen LogP contribution in [0.2, 0.25) is 5.02 Å². The van der Waals surface area contributed by atoms with E-state index >= 15 is 0 Å². The molecule has 1 aromatic carbocycles. The molecule has 3 N–H and O–H groups in total. The van der Waals surface area contributed by atoms with E-state index in [1.54, 1.807) is 0 Å². The Labute approximate surface area is 113 Å². The smallest absolute Gasteiger partial charge is 0.224 e. The van der Waals surface area contributed by atoms with Gasteiger partial charge in [0.2, 0.25) is 5.91 Å². The highest BCUT2D eigenvalue weighted by atomic mass is 35.5. The summed E-state index contributed by atoms with van der Waals surface area (Å²) in [5.41, 5.74) is 6.93. The van der Waals surface area contributed by atoms with Crippen molar-refractivity contribution in [2.75, 3.05) is 0 Å². The quantitative estimate of drug-likeness (QED) is 0.883. The Balaban J connectivity index is 1.90. The lowest BCUT2D eigenvalue weighted by Crippen LogP contribution is -2.43. The number of nitrogens with one attached hydrogen (secondary N) is 1. The van der Waals surface area contributed by atoms with E-state index in [1.165, 1.54) is 0 Å². The summed E-state index contributed by atoms with van der Waals surface area (Å²) in [6.07, 6.45) is 4.08. The highest BCUT2D eigenvalue weighted by molar-refractivity contribution is 6.31. The number of carbonyl (C=O) groups is 1. The molecule has 1 aromatic rings. The minimum absolute atomic E-state index is 0.00463. The molecule has 1 amide bonds. The molecular formula is C14H19ClN2O. The summed E-state index contributed by atoms with van der Waals surface area (Å²) in [7, 11) is 0. The average molecular weight is 267 g/mol. The van der Waals surface area contributed by atoms with Crippen LogP contribution in [0, 0.1) is 5.92 Å². The summed E-state index contributed by atoms with van der Waals surface area (Å²) in [5.74, 6) is 0.0170. The topological polar surface area (TPSA) is 55.1 Å². The Morgan fingerprint density at radius 3 is 2.78 bits per heavy atom. The van der Waals surface area contributed by atoms with E-state index in [9.17, 15) is 4.79 Å². The predicted octanol–water partition coefficient (Wildman–Crippen LogP) is 2.47. The van der Waals surface area contributed by atoms with E-state index in [2.05, 4.69) is 5.32 Å². The first kappa shape index (κ1) is 13.4. The lowest BCUT2D eigenvalue weighted by molar-refractivity contribution is -0.126. The van der Waals surface area contributed by atoms with Gasteiger partial charge < -0.3 is 11.1 Å². The number of amides is 1. The summed E-state index contributed by atoms with van der Waals surface area (Å²) in [4.78, 5) is 12.1. The maximum absolute atomic E-state index is 12.1. The van der Waals surface area contributed by atoms with Gasteiger partial charge in [-0.1, -0.05) is 42.6 Å². The molecule has 0 aromatic heterocycles. The molecular weight excluding hydrogens is 248 g/mol. The molecule has 0 aliphatic heterocycles. The minimum atomic E-state index is -0.0405. The first-order chi connectivity index (χ1) is 8.68. The van der Waals surface area contributed by atoms with Crippen molar-refractivity contribution in [3.63, 3.8) is 0 Å². The van der Waals surface area contributed by atoms with Crippen molar-refractivity contribution in [1.82, 2.24) is 5.32 Å². The number of halogens is 1. The fraction of sp³-hybridized carbons (Fsp3) is 0.500. The van der Waals surface area contributed by atoms with E-state index < -0.39 is 0 Å². The van der Waals surface area contributed by atoms with Crippen molar-refractivity contribution in [1.29, 1.82) is 0 Å². The van der Waals surface area contributed by atoms with Gasteiger partial charge in [-0.3, -0.25) is 4.79 Å². The van der Waals surface area contributed by atoms with Gasteiger partial charge in [0.25, 0.3) is 0 Å². The molecule has 0 radical (unpaired) electrons. The van der Waals surface area contributed by atoms with Gasteiger partial charge >= 0.3 is 0 Å². The van der Waals surface area contributed by atoms with Gasteiger partial charge in [-0.15, -0.1) is 0 Å². The second-order valence-corrected chi connectivity index (χ2v) is 5.27. The Hall–Kier alpha value is -1.06. The molecule has 1 aliphatic rings. The summed E-state index contributed by atoms with van der Waals surface area (Å²) in [6.45, 7) is 0.474. The molecule has 2 atom stereocenters. The molecule has 1 fully saturated rings. The summed E-state index contributed by atoms with van der Waals surface area (Å²) in [5, 5.41) is 3.62. The molecule has 2 unspecified atom stereocenters. The molecule has 2 rings (SSSR count). The van der Waals surface area contributed by atoms with Crippen LogP contribution in [-0.2, 0) is 11.3 Å². The normalized spacial score (nSPS) is 23.7. The Kier molecular flexibility index (Phi) is 4.61. The third kappa shape index (κ3) is 3.24. The molecule has 0 heterocycles. The first-order valence-corrected chi connectivity index (χ1v) is 6.83. The second-order valence-electron chi connectivity index (χ2n) is 4.86. The molecule has 4 heteroatoms. The zero-order valence-corrected chi connectivity index (χ0v) is 11.1. The number of hydrogen-bond acceptors (Lipinski definition) is 2. The molecule has 98 valence electrons. The van der Waals surface area contributed by atoms with Crippen molar-refractivity contribution in [2.24, 2.45) is 11.7 Å². The molecule has 0 bridgehead atoms. The predicted molar refractivity (Wildman–Crippen MR) is 73.2 cm³/mol. The Morgan fingerprint density at radius 1 is 1.33 bits per heavy atom. The fourth-order valence-corrected chi connectivity index (χ4v) is 2.64. The first-order valence-electron chi connectivity index (χ1n) is 6.45. The Morgan fingerprint density at radius 2 is 2.06 bits per heavy atom. The van der Waals surface area contributed by atoms with Gasteiger partial charge in [0.15, 0.2) is 0 Å². The van der Waals surface area contributed by atoms with Crippen molar-refractivity contribution < 1.29 is 4.79 Å². The zero-order valence-electron chi connectivity index (χ0n) is 10.4. The van der Waals surface area contributed by atoms with Crippen LogP contribution in [-0.4, -0.2) is 11.9 Å². The third-order valence-corrected chi connectivity index (χ3v) is 3.94. The van der Waals surface area contributed by atoms with Crippen LogP contribution in [0.4, 0.5) is 0 Å². The number of nitrogens with two attached hydrogens (primary N) is 1. The summed E-state index contributed by atoms with van der Waals surface area (Å²) >= 11 is 6.05. The van der Waals surface area contributed by atoms with Gasteiger partial charge in [-0.05, 0) is 24.5 Å². The van der Waals surface area contributed by atoms with Gasteiger partial charge in [0, 0.05) is 17.6 Å². The highest BCUT2D eigenvalue weighted by Gasteiger charge is 2.27. The van der Waals surface area contributed by atoms with Crippen LogP contribution in [0.15, 0.2) is 24.3 Å². The fourth-order valence-electron chi connectivity index (χ4n) is 2.44. The molecule has 0 saturated heterocycles. The second kappa shape index (κ2) is 6.21. The highest BCUT2D eigenvalue weighted by Crippen LogP contribution is 2.23. The van der Waals surface area contributed by atoms with Crippen LogP contribution in [0.3, 0.4) is 0 Å². The maximum atomic E-state index is 12.1. The molecule has 1 saturated carbocycles. The van der Waals surface area contributed by atoms with Crippen molar-refractivity contribution in [2.45, 2.75) is 38.3 Å².